The van der Waals surface area contributed by atoms with E-state index in [1.165, 1.54) is 19.1 Å². The van der Waals surface area contributed by atoms with Gasteiger partial charge in [0.1, 0.15) is 6.61 Å². The summed E-state index contributed by atoms with van der Waals surface area (Å²) in [6.45, 7) is 1.77. The summed E-state index contributed by atoms with van der Waals surface area (Å²) in [6, 6.07) is 3.05. The molecule has 0 aromatic heterocycles. The number of Topliss-reactive ketones (excluding diaryl/α,β-unsaturated/α-hetero) is 1. The fourth-order valence-electron chi connectivity index (χ4n) is 1.04. The van der Waals surface area contributed by atoms with E-state index in [0.717, 1.165) is 0 Å². The molecule has 0 unspecified atom stereocenters. The van der Waals surface area contributed by atoms with Crippen molar-refractivity contribution in [2.75, 3.05) is 12.5 Å². The second-order valence-corrected chi connectivity index (χ2v) is 4.06. The molecule has 0 spiro atoms. The van der Waals surface area contributed by atoms with E-state index >= 15 is 0 Å². The number of ether oxygens (including phenoxy) is 1. The molecule has 0 fully saturated rings. The van der Waals surface area contributed by atoms with Crippen LogP contribution in [0.1, 0.15) is 17.3 Å². The first-order valence-corrected chi connectivity index (χ1v) is 5.54. The van der Waals surface area contributed by atoms with Crippen LogP contribution >= 0.6 is 34.8 Å². The van der Waals surface area contributed by atoms with E-state index in [2.05, 4.69) is 0 Å². The molecule has 0 aliphatic heterocycles. The van der Waals surface area contributed by atoms with Crippen LogP contribution in [0.3, 0.4) is 0 Å². The third-order valence-corrected chi connectivity index (χ3v) is 2.44. The summed E-state index contributed by atoms with van der Waals surface area (Å²) in [5.41, 5.74) is 0.461. The molecule has 1 rings (SSSR count). The van der Waals surface area contributed by atoms with E-state index in [0.29, 0.717) is 33.8 Å². The molecular formula is C10H9Cl3O2. The van der Waals surface area contributed by atoms with Gasteiger partial charge in [-0.3, -0.25) is 4.79 Å². The summed E-state index contributed by atoms with van der Waals surface area (Å²) in [4.78, 5) is 11.1. The molecule has 0 saturated heterocycles. The summed E-state index contributed by atoms with van der Waals surface area (Å²) in [6.07, 6.45) is 0. The fourth-order valence-corrected chi connectivity index (χ4v) is 1.72. The Bertz CT molecular complexity index is 354. The van der Waals surface area contributed by atoms with Crippen LogP contribution in [0.15, 0.2) is 12.1 Å². The lowest BCUT2D eigenvalue weighted by Gasteiger charge is -2.09. The Hall–Kier alpha value is -0.440. The fraction of sp³-hybridized carbons (Fsp3) is 0.300. The predicted octanol–water partition coefficient (Wildman–Crippen LogP) is 3.81. The van der Waals surface area contributed by atoms with Crippen LogP contribution in [-0.2, 0) is 0 Å². The Kier molecular flexibility index (Phi) is 4.71. The first kappa shape index (κ1) is 12.6. The van der Waals surface area contributed by atoms with Crippen molar-refractivity contribution < 1.29 is 9.53 Å². The zero-order valence-corrected chi connectivity index (χ0v) is 10.3. The van der Waals surface area contributed by atoms with E-state index in [4.69, 9.17) is 39.5 Å². The van der Waals surface area contributed by atoms with Crippen molar-refractivity contribution in [1.82, 2.24) is 0 Å². The Balaban J connectivity index is 3.04. The average molecular weight is 268 g/mol. The van der Waals surface area contributed by atoms with Gasteiger partial charge in [0.05, 0.1) is 15.9 Å². The Labute approximate surface area is 103 Å². The summed E-state index contributed by atoms with van der Waals surface area (Å²) in [5.74, 6) is 0.618. The van der Waals surface area contributed by atoms with Gasteiger partial charge in [-0.05, 0) is 19.1 Å². The molecule has 0 saturated carbocycles. The quantitative estimate of drug-likeness (QED) is 0.612. The largest absolute Gasteiger partial charge is 0.489 e. The number of benzene rings is 1. The Morgan fingerprint density at radius 1 is 1.33 bits per heavy atom. The van der Waals surface area contributed by atoms with Gasteiger partial charge in [0, 0.05) is 5.56 Å². The molecule has 0 atom stereocenters. The molecule has 2 nitrogen and oxygen atoms in total. The molecule has 0 N–H and O–H groups in total. The van der Waals surface area contributed by atoms with Crippen molar-refractivity contribution in [3.8, 4) is 5.75 Å². The topological polar surface area (TPSA) is 26.3 Å². The minimum atomic E-state index is -0.0947. The van der Waals surface area contributed by atoms with Crippen LogP contribution in [0, 0.1) is 0 Å². The maximum absolute atomic E-state index is 11.1. The highest BCUT2D eigenvalue weighted by atomic mass is 35.5. The minimum Gasteiger partial charge on any atom is -0.489 e. The number of rotatable bonds is 4. The van der Waals surface area contributed by atoms with Crippen molar-refractivity contribution >= 4 is 40.6 Å². The molecule has 1 aromatic carbocycles. The SMILES string of the molecule is CC(=O)c1cc(Cl)c(OCCCl)c(Cl)c1. The Morgan fingerprint density at radius 2 is 1.87 bits per heavy atom. The van der Waals surface area contributed by atoms with Crippen molar-refractivity contribution in [3.05, 3.63) is 27.7 Å². The molecule has 0 amide bonds. The summed E-state index contributed by atoms with van der Waals surface area (Å²) < 4.78 is 5.24. The molecule has 0 radical (unpaired) electrons. The van der Waals surface area contributed by atoms with Gasteiger partial charge in [-0.2, -0.15) is 0 Å². The van der Waals surface area contributed by atoms with Gasteiger partial charge < -0.3 is 4.74 Å². The van der Waals surface area contributed by atoms with Crippen LogP contribution in [-0.4, -0.2) is 18.3 Å². The highest BCUT2D eigenvalue weighted by Crippen LogP contribution is 2.34. The van der Waals surface area contributed by atoms with Crippen LogP contribution in [0.25, 0.3) is 0 Å². The van der Waals surface area contributed by atoms with Gasteiger partial charge >= 0.3 is 0 Å². The van der Waals surface area contributed by atoms with Gasteiger partial charge in [0.2, 0.25) is 0 Å². The zero-order valence-electron chi connectivity index (χ0n) is 8.02. The number of carbonyl (C=O) groups excluding carboxylic acids is 1. The van der Waals surface area contributed by atoms with E-state index in [9.17, 15) is 4.79 Å². The lowest BCUT2D eigenvalue weighted by Crippen LogP contribution is -2.01. The maximum atomic E-state index is 11.1. The third kappa shape index (κ3) is 3.26. The first-order valence-electron chi connectivity index (χ1n) is 4.25. The van der Waals surface area contributed by atoms with Gasteiger partial charge in [-0.1, -0.05) is 23.2 Å². The monoisotopic (exact) mass is 266 g/mol. The molecule has 0 aliphatic rings. The van der Waals surface area contributed by atoms with Crippen LogP contribution in [0.5, 0.6) is 5.75 Å². The number of alkyl halides is 1. The smallest absolute Gasteiger partial charge is 0.159 e. The standard InChI is InChI=1S/C10H9Cl3O2/c1-6(14)7-4-8(12)10(9(13)5-7)15-3-2-11/h4-5H,2-3H2,1H3. The maximum Gasteiger partial charge on any atom is 0.159 e. The third-order valence-electron chi connectivity index (χ3n) is 1.73. The van der Waals surface area contributed by atoms with E-state index in [-0.39, 0.29) is 5.78 Å². The zero-order chi connectivity index (χ0) is 11.4. The Morgan fingerprint density at radius 3 is 2.27 bits per heavy atom. The molecule has 1 aromatic rings. The number of hydrogen-bond acceptors (Lipinski definition) is 2. The summed E-state index contributed by atoms with van der Waals surface area (Å²) >= 11 is 17.3. The molecule has 0 bridgehead atoms. The number of ketones is 1. The molecule has 15 heavy (non-hydrogen) atoms. The minimum absolute atomic E-state index is 0.0947. The second kappa shape index (κ2) is 5.59. The van der Waals surface area contributed by atoms with Crippen molar-refractivity contribution in [2.24, 2.45) is 0 Å². The molecular weight excluding hydrogens is 258 g/mol. The van der Waals surface area contributed by atoms with Crippen molar-refractivity contribution in [2.45, 2.75) is 6.92 Å². The van der Waals surface area contributed by atoms with Crippen LogP contribution in [0.4, 0.5) is 0 Å². The lowest BCUT2D eigenvalue weighted by atomic mass is 10.1. The van der Waals surface area contributed by atoms with Crippen molar-refractivity contribution in [3.63, 3.8) is 0 Å². The van der Waals surface area contributed by atoms with Crippen LogP contribution < -0.4 is 4.74 Å². The van der Waals surface area contributed by atoms with Gasteiger partial charge in [0.15, 0.2) is 11.5 Å². The highest BCUT2D eigenvalue weighted by Gasteiger charge is 2.11. The summed E-state index contributed by atoms with van der Waals surface area (Å²) in [5, 5.41) is 0.635. The van der Waals surface area contributed by atoms with Gasteiger partial charge in [-0.15, -0.1) is 11.6 Å². The van der Waals surface area contributed by atoms with E-state index in [1.54, 1.807) is 0 Å². The first-order chi connectivity index (χ1) is 7.06. The predicted molar refractivity (Wildman–Crippen MR) is 62.7 cm³/mol. The van der Waals surface area contributed by atoms with Gasteiger partial charge in [0.25, 0.3) is 0 Å². The number of hydrogen-bond donors (Lipinski definition) is 0. The van der Waals surface area contributed by atoms with E-state index < -0.39 is 0 Å². The van der Waals surface area contributed by atoms with E-state index in [1.807, 2.05) is 0 Å². The molecule has 82 valence electrons. The van der Waals surface area contributed by atoms with Crippen molar-refractivity contribution in [1.29, 1.82) is 0 Å². The highest BCUT2D eigenvalue weighted by molar-refractivity contribution is 6.37. The number of carbonyl (C=O) groups is 1. The van der Waals surface area contributed by atoms with Gasteiger partial charge in [-0.25, -0.2) is 0 Å². The summed E-state index contributed by atoms with van der Waals surface area (Å²) in [7, 11) is 0. The molecule has 0 heterocycles. The lowest BCUT2D eigenvalue weighted by molar-refractivity contribution is 0.101. The normalized spacial score (nSPS) is 10.1. The number of halogens is 3. The molecule has 5 heteroatoms. The van der Waals surface area contributed by atoms with Crippen LogP contribution in [0.2, 0.25) is 10.0 Å². The average Bonchev–Trinajstić information content (AvgIpc) is 2.16. The molecule has 0 aliphatic carbocycles. The second-order valence-electron chi connectivity index (χ2n) is 2.86.